The van der Waals surface area contributed by atoms with Crippen LogP contribution in [0, 0.1) is 11.3 Å². The molecule has 1 aromatic carbocycles. The van der Waals surface area contributed by atoms with E-state index < -0.39 is 0 Å². The molecule has 0 saturated heterocycles. The molecule has 6 heteroatoms. The molecule has 1 aliphatic rings. The van der Waals surface area contributed by atoms with Crippen molar-refractivity contribution in [1.29, 1.82) is 5.26 Å². The Bertz CT molecular complexity index is 977. The van der Waals surface area contributed by atoms with E-state index in [0.717, 1.165) is 46.0 Å². The van der Waals surface area contributed by atoms with Crippen LogP contribution in [0.1, 0.15) is 16.8 Å². The van der Waals surface area contributed by atoms with Gasteiger partial charge in [0.15, 0.2) is 0 Å². The Morgan fingerprint density at radius 1 is 1.17 bits per heavy atom. The van der Waals surface area contributed by atoms with Gasteiger partial charge in [0, 0.05) is 47.4 Å². The SMILES string of the molecule is N#Cc1ccc(N2CCc3nc4cc(Cl)ccc4c(Cl)c3C2)nc1. The molecule has 1 aliphatic heterocycles. The Morgan fingerprint density at radius 3 is 2.79 bits per heavy atom. The van der Waals surface area contributed by atoms with Crippen LogP contribution in [0.25, 0.3) is 10.9 Å². The lowest BCUT2D eigenvalue weighted by Crippen LogP contribution is -2.31. The van der Waals surface area contributed by atoms with Crippen molar-refractivity contribution < 1.29 is 0 Å². The van der Waals surface area contributed by atoms with Crippen LogP contribution in [0.2, 0.25) is 10.0 Å². The van der Waals surface area contributed by atoms with E-state index in [1.165, 1.54) is 0 Å². The number of anilines is 1. The van der Waals surface area contributed by atoms with Crippen molar-refractivity contribution in [2.24, 2.45) is 0 Å². The van der Waals surface area contributed by atoms with Crippen molar-refractivity contribution in [2.45, 2.75) is 13.0 Å². The summed E-state index contributed by atoms with van der Waals surface area (Å²) in [5.74, 6) is 0.840. The zero-order valence-corrected chi connectivity index (χ0v) is 14.1. The Hall–Kier alpha value is -2.35. The highest BCUT2D eigenvalue weighted by atomic mass is 35.5. The molecule has 0 radical (unpaired) electrons. The highest BCUT2D eigenvalue weighted by molar-refractivity contribution is 6.37. The highest BCUT2D eigenvalue weighted by Gasteiger charge is 2.22. The molecule has 0 spiro atoms. The molecule has 0 bridgehead atoms. The van der Waals surface area contributed by atoms with Crippen molar-refractivity contribution >= 4 is 39.9 Å². The van der Waals surface area contributed by atoms with E-state index in [9.17, 15) is 0 Å². The van der Waals surface area contributed by atoms with Gasteiger partial charge in [0.2, 0.25) is 0 Å². The van der Waals surface area contributed by atoms with Gasteiger partial charge in [-0.3, -0.25) is 4.98 Å². The molecule has 0 unspecified atom stereocenters. The zero-order valence-electron chi connectivity index (χ0n) is 12.6. The minimum absolute atomic E-state index is 0.554. The molecule has 0 aliphatic carbocycles. The lowest BCUT2D eigenvalue weighted by Gasteiger charge is -2.30. The fraction of sp³-hybridized carbons (Fsp3) is 0.167. The molecule has 0 fully saturated rings. The first-order valence-corrected chi connectivity index (χ1v) is 8.29. The maximum atomic E-state index is 8.89. The summed E-state index contributed by atoms with van der Waals surface area (Å²) in [5, 5.41) is 11.2. The van der Waals surface area contributed by atoms with Gasteiger partial charge in [0.1, 0.15) is 11.9 Å². The summed E-state index contributed by atoms with van der Waals surface area (Å²) in [6.07, 6.45) is 2.38. The lowest BCUT2D eigenvalue weighted by atomic mass is 10.0. The first-order valence-electron chi connectivity index (χ1n) is 7.53. The summed E-state index contributed by atoms with van der Waals surface area (Å²) in [6, 6.07) is 11.3. The second-order valence-corrected chi connectivity index (χ2v) is 6.52. The second-order valence-electron chi connectivity index (χ2n) is 5.70. The van der Waals surface area contributed by atoms with Crippen LogP contribution in [0.15, 0.2) is 36.5 Å². The fourth-order valence-corrected chi connectivity index (χ4v) is 3.49. The zero-order chi connectivity index (χ0) is 16.7. The van der Waals surface area contributed by atoms with Crippen LogP contribution in [-0.2, 0) is 13.0 Å². The predicted octanol–water partition coefficient (Wildman–Crippen LogP) is 4.37. The number of halogens is 2. The summed E-state index contributed by atoms with van der Waals surface area (Å²) in [7, 11) is 0. The molecule has 0 atom stereocenters. The van der Waals surface area contributed by atoms with Crippen LogP contribution in [-0.4, -0.2) is 16.5 Å². The van der Waals surface area contributed by atoms with E-state index in [-0.39, 0.29) is 0 Å². The molecule has 3 heterocycles. The third-order valence-corrected chi connectivity index (χ3v) is 4.90. The first-order chi connectivity index (χ1) is 11.7. The highest BCUT2D eigenvalue weighted by Crippen LogP contribution is 2.34. The standard InChI is InChI=1S/C18H12Cl2N4/c19-12-2-3-13-16(7-12)23-15-5-6-24(10-14(15)18(13)20)17-4-1-11(8-21)9-22-17/h1-4,7,9H,5-6,10H2. The Labute approximate surface area is 149 Å². The van der Waals surface area contributed by atoms with Crippen molar-refractivity contribution in [2.75, 3.05) is 11.4 Å². The molecular formula is C18H12Cl2N4. The molecule has 0 N–H and O–H groups in total. The maximum Gasteiger partial charge on any atom is 0.128 e. The number of rotatable bonds is 1. The van der Waals surface area contributed by atoms with Gasteiger partial charge >= 0.3 is 0 Å². The van der Waals surface area contributed by atoms with E-state index in [2.05, 4.69) is 16.0 Å². The average Bonchev–Trinajstić information content (AvgIpc) is 2.61. The minimum atomic E-state index is 0.554. The quantitative estimate of drug-likeness (QED) is 0.650. The van der Waals surface area contributed by atoms with Crippen LogP contribution in [0.5, 0.6) is 0 Å². The van der Waals surface area contributed by atoms with Gasteiger partial charge in [-0.25, -0.2) is 4.98 Å². The second kappa shape index (κ2) is 5.94. The summed E-state index contributed by atoms with van der Waals surface area (Å²) < 4.78 is 0. The molecule has 4 rings (SSSR count). The molecule has 0 saturated carbocycles. The molecule has 4 nitrogen and oxygen atoms in total. The van der Waals surface area contributed by atoms with Crippen molar-refractivity contribution in [1.82, 2.24) is 9.97 Å². The maximum absolute atomic E-state index is 8.89. The van der Waals surface area contributed by atoms with Gasteiger partial charge in [-0.15, -0.1) is 0 Å². The average molecular weight is 355 g/mol. The van der Waals surface area contributed by atoms with Crippen LogP contribution >= 0.6 is 23.2 Å². The van der Waals surface area contributed by atoms with Crippen LogP contribution in [0.3, 0.4) is 0 Å². The summed E-state index contributed by atoms with van der Waals surface area (Å²) in [4.78, 5) is 11.3. The summed E-state index contributed by atoms with van der Waals surface area (Å²) in [6.45, 7) is 1.46. The molecule has 3 aromatic rings. The number of hydrogen-bond donors (Lipinski definition) is 0. The van der Waals surface area contributed by atoms with Crippen LogP contribution < -0.4 is 4.90 Å². The molecule has 0 amide bonds. The normalized spacial score (nSPS) is 13.6. The fourth-order valence-electron chi connectivity index (χ4n) is 3.00. The smallest absolute Gasteiger partial charge is 0.128 e. The number of benzene rings is 1. The third-order valence-electron chi connectivity index (χ3n) is 4.23. The van der Waals surface area contributed by atoms with Gasteiger partial charge in [-0.1, -0.05) is 23.2 Å². The van der Waals surface area contributed by atoms with E-state index in [0.29, 0.717) is 17.1 Å². The topological polar surface area (TPSA) is 52.8 Å². The summed E-state index contributed by atoms with van der Waals surface area (Å²) in [5.41, 5.74) is 3.43. The van der Waals surface area contributed by atoms with Gasteiger partial charge in [-0.2, -0.15) is 5.26 Å². The number of aromatic nitrogens is 2. The Kier molecular flexibility index (Phi) is 3.76. The lowest BCUT2D eigenvalue weighted by molar-refractivity contribution is 0.707. The molecule has 118 valence electrons. The number of fused-ring (bicyclic) bond motifs is 2. The monoisotopic (exact) mass is 354 g/mol. The van der Waals surface area contributed by atoms with Gasteiger partial charge in [0.25, 0.3) is 0 Å². The summed E-state index contributed by atoms with van der Waals surface area (Å²) >= 11 is 12.7. The number of nitrogens with zero attached hydrogens (tertiary/aromatic N) is 4. The first kappa shape index (κ1) is 15.2. The number of pyridine rings is 2. The minimum Gasteiger partial charge on any atom is -0.352 e. The largest absolute Gasteiger partial charge is 0.352 e. The predicted molar refractivity (Wildman–Crippen MR) is 95.5 cm³/mol. The van der Waals surface area contributed by atoms with E-state index >= 15 is 0 Å². The van der Waals surface area contributed by atoms with E-state index in [1.54, 1.807) is 12.3 Å². The van der Waals surface area contributed by atoms with Crippen LogP contribution in [0.4, 0.5) is 5.82 Å². The van der Waals surface area contributed by atoms with E-state index in [4.69, 9.17) is 33.4 Å². The van der Waals surface area contributed by atoms with Gasteiger partial charge in [-0.05, 0) is 30.3 Å². The van der Waals surface area contributed by atoms with Gasteiger partial charge in [0.05, 0.1) is 16.1 Å². The van der Waals surface area contributed by atoms with Crippen molar-refractivity contribution in [3.63, 3.8) is 0 Å². The number of hydrogen-bond acceptors (Lipinski definition) is 4. The molecule has 2 aromatic heterocycles. The van der Waals surface area contributed by atoms with E-state index in [1.807, 2.05) is 24.3 Å². The van der Waals surface area contributed by atoms with Gasteiger partial charge < -0.3 is 4.90 Å². The molecule has 24 heavy (non-hydrogen) atoms. The third kappa shape index (κ3) is 2.56. The Balaban J connectivity index is 1.74. The van der Waals surface area contributed by atoms with Crippen molar-refractivity contribution in [3.05, 3.63) is 63.4 Å². The van der Waals surface area contributed by atoms with Crippen molar-refractivity contribution in [3.8, 4) is 6.07 Å². The number of nitriles is 1. The molecular weight excluding hydrogens is 343 g/mol. The Morgan fingerprint density at radius 2 is 2.04 bits per heavy atom.